The highest BCUT2D eigenvalue weighted by atomic mass is 35.5. The van der Waals surface area contributed by atoms with Crippen molar-refractivity contribution in [2.75, 3.05) is 6.54 Å². The molecule has 31 heavy (non-hydrogen) atoms. The average Bonchev–Trinajstić information content (AvgIpc) is 3.43. The van der Waals surface area contributed by atoms with Gasteiger partial charge in [0, 0.05) is 17.6 Å². The number of hydrogen-bond donors (Lipinski definition) is 0. The van der Waals surface area contributed by atoms with E-state index < -0.39 is 0 Å². The first-order chi connectivity index (χ1) is 15.0. The first-order valence-corrected chi connectivity index (χ1v) is 10.7. The maximum Gasteiger partial charge on any atom is 0.256 e. The molecule has 0 bridgehead atoms. The van der Waals surface area contributed by atoms with Crippen LogP contribution < -0.4 is 0 Å². The number of rotatable bonds is 3. The van der Waals surface area contributed by atoms with E-state index in [-0.39, 0.29) is 17.9 Å². The number of fused-ring (bicyclic) bond motifs is 1. The van der Waals surface area contributed by atoms with Crippen molar-refractivity contribution in [2.24, 2.45) is 0 Å². The number of benzene rings is 2. The molecular weight excluding hydrogens is 414 g/mol. The number of carbonyl (C=O) groups excluding carboxylic acids is 1. The molecule has 2 aromatic carbocycles. The largest absolute Gasteiger partial charge is 0.440 e. The van der Waals surface area contributed by atoms with Crippen LogP contribution in [0.5, 0.6) is 0 Å². The molecule has 1 fully saturated rings. The van der Waals surface area contributed by atoms with Crippen LogP contribution in [0.4, 0.5) is 0 Å². The van der Waals surface area contributed by atoms with Gasteiger partial charge in [0.1, 0.15) is 5.52 Å². The average molecular weight is 436 g/mol. The van der Waals surface area contributed by atoms with Crippen molar-refractivity contribution in [3.63, 3.8) is 0 Å². The van der Waals surface area contributed by atoms with Crippen molar-refractivity contribution in [3.8, 4) is 5.69 Å². The second kappa shape index (κ2) is 7.81. The molecule has 0 radical (unpaired) electrons. The second-order valence-electron chi connectivity index (χ2n) is 8.08. The summed E-state index contributed by atoms with van der Waals surface area (Å²) in [6, 6.07) is 11.3. The monoisotopic (exact) mass is 435 g/mol. The summed E-state index contributed by atoms with van der Waals surface area (Å²) >= 11 is 6.09. The zero-order valence-electron chi connectivity index (χ0n) is 17.3. The number of piperidine rings is 1. The molecule has 5 rings (SSSR count). The van der Waals surface area contributed by atoms with Gasteiger partial charge in [-0.2, -0.15) is 15.0 Å². The van der Waals surface area contributed by atoms with E-state index in [1.165, 1.54) is 4.80 Å². The molecule has 1 amide bonds. The smallest absolute Gasteiger partial charge is 0.256 e. The molecule has 7 nitrogen and oxygen atoms in total. The highest BCUT2D eigenvalue weighted by Crippen LogP contribution is 2.33. The summed E-state index contributed by atoms with van der Waals surface area (Å²) < 4.78 is 6.00. The van der Waals surface area contributed by atoms with Gasteiger partial charge in [0.05, 0.1) is 29.6 Å². The summed E-state index contributed by atoms with van der Waals surface area (Å²) in [5.41, 5.74) is 3.75. The van der Waals surface area contributed by atoms with Gasteiger partial charge in [-0.15, -0.1) is 0 Å². The molecule has 0 unspecified atom stereocenters. The molecule has 1 aliphatic heterocycles. The molecular formula is C23H22ClN5O2. The molecule has 158 valence electrons. The van der Waals surface area contributed by atoms with Crippen LogP contribution in [0.2, 0.25) is 5.02 Å². The fraction of sp³-hybridized carbons (Fsp3) is 0.304. The van der Waals surface area contributed by atoms with E-state index >= 15 is 0 Å². The number of nitrogens with zero attached hydrogens (tertiary/aromatic N) is 5. The molecule has 2 atom stereocenters. The minimum absolute atomic E-state index is 0.0306. The summed E-state index contributed by atoms with van der Waals surface area (Å²) in [6.45, 7) is 4.61. The minimum Gasteiger partial charge on any atom is -0.440 e. The lowest BCUT2D eigenvalue weighted by atomic mass is 9.92. The number of aromatic nitrogens is 4. The van der Waals surface area contributed by atoms with Crippen molar-refractivity contribution in [2.45, 2.75) is 38.6 Å². The Labute approximate surface area is 184 Å². The van der Waals surface area contributed by atoms with Gasteiger partial charge in [-0.25, -0.2) is 4.98 Å². The van der Waals surface area contributed by atoms with Gasteiger partial charge >= 0.3 is 0 Å². The third-order valence-electron chi connectivity index (χ3n) is 5.88. The van der Waals surface area contributed by atoms with Gasteiger partial charge in [-0.1, -0.05) is 17.7 Å². The predicted octanol–water partition coefficient (Wildman–Crippen LogP) is 4.78. The lowest BCUT2D eigenvalue weighted by Gasteiger charge is -2.37. The molecule has 8 heteroatoms. The van der Waals surface area contributed by atoms with Crippen LogP contribution in [0.15, 0.2) is 53.2 Å². The fourth-order valence-electron chi connectivity index (χ4n) is 4.17. The first kappa shape index (κ1) is 19.8. The zero-order valence-corrected chi connectivity index (χ0v) is 18.1. The van der Waals surface area contributed by atoms with E-state index in [9.17, 15) is 4.79 Å². The lowest BCUT2D eigenvalue weighted by Crippen LogP contribution is -2.45. The Kier molecular flexibility index (Phi) is 4.98. The zero-order chi connectivity index (χ0) is 21.5. The number of halogens is 1. The van der Waals surface area contributed by atoms with E-state index in [2.05, 4.69) is 22.1 Å². The Morgan fingerprint density at radius 1 is 1.13 bits per heavy atom. The van der Waals surface area contributed by atoms with Gasteiger partial charge in [0.15, 0.2) is 11.5 Å². The molecule has 3 heterocycles. The van der Waals surface area contributed by atoms with E-state index in [1.54, 1.807) is 24.5 Å². The Balaban J connectivity index is 1.46. The van der Waals surface area contributed by atoms with E-state index in [1.807, 2.05) is 36.1 Å². The van der Waals surface area contributed by atoms with E-state index in [0.717, 1.165) is 23.9 Å². The quantitative estimate of drug-likeness (QED) is 0.463. The van der Waals surface area contributed by atoms with Crippen LogP contribution in [-0.4, -0.2) is 43.4 Å². The van der Waals surface area contributed by atoms with Crippen LogP contribution in [0, 0.1) is 6.92 Å². The summed E-state index contributed by atoms with van der Waals surface area (Å²) in [6.07, 6.45) is 5.00. The maximum atomic E-state index is 13.6. The van der Waals surface area contributed by atoms with Crippen LogP contribution >= 0.6 is 11.6 Å². The van der Waals surface area contributed by atoms with Gasteiger partial charge in [-0.3, -0.25) is 4.79 Å². The summed E-state index contributed by atoms with van der Waals surface area (Å²) in [4.78, 5) is 21.7. The molecule has 0 N–H and O–H groups in total. The number of likely N-dealkylation sites (tertiary alicyclic amines) is 1. The first-order valence-electron chi connectivity index (χ1n) is 10.3. The van der Waals surface area contributed by atoms with Gasteiger partial charge in [0.2, 0.25) is 0 Å². The number of oxazole rings is 1. The summed E-state index contributed by atoms with van der Waals surface area (Å²) in [5, 5.41) is 9.08. The minimum atomic E-state index is -0.0383. The van der Waals surface area contributed by atoms with Crippen LogP contribution in [0.1, 0.15) is 47.5 Å². The number of aryl methyl sites for hydroxylation is 1. The van der Waals surface area contributed by atoms with Crippen LogP contribution in [0.25, 0.3) is 16.8 Å². The van der Waals surface area contributed by atoms with Gasteiger partial charge in [-0.05, 0) is 62.6 Å². The van der Waals surface area contributed by atoms with Crippen molar-refractivity contribution in [3.05, 3.63) is 70.8 Å². The second-order valence-corrected chi connectivity index (χ2v) is 8.52. The van der Waals surface area contributed by atoms with E-state index in [4.69, 9.17) is 16.0 Å². The summed E-state index contributed by atoms with van der Waals surface area (Å²) in [5.74, 6) is 0.645. The Morgan fingerprint density at radius 2 is 1.94 bits per heavy atom. The van der Waals surface area contributed by atoms with Crippen LogP contribution in [0.3, 0.4) is 0 Å². The molecule has 1 saturated heterocycles. The third-order valence-corrected chi connectivity index (χ3v) is 6.11. The molecule has 1 aliphatic rings. The maximum absolute atomic E-state index is 13.6. The van der Waals surface area contributed by atoms with Crippen LogP contribution in [-0.2, 0) is 0 Å². The number of hydrogen-bond acceptors (Lipinski definition) is 5. The van der Waals surface area contributed by atoms with E-state index in [0.29, 0.717) is 34.3 Å². The molecule has 4 aromatic rings. The fourth-order valence-corrected chi connectivity index (χ4v) is 4.33. The Bertz CT molecular complexity index is 1250. The molecule has 0 saturated carbocycles. The number of carbonyl (C=O) groups is 1. The topological polar surface area (TPSA) is 77.0 Å². The van der Waals surface area contributed by atoms with Crippen molar-refractivity contribution < 1.29 is 9.21 Å². The van der Waals surface area contributed by atoms with Crippen molar-refractivity contribution >= 4 is 28.6 Å². The van der Waals surface area contributed by atoms with Gasteiger partial charge in [0.25, 0.3) is 5.91 Å². The SMILES string of the molecule is Cc1ccc(C(=O)N2C[C@H](c3nc4cc(Cl)ccc4o3)CC[C@H]2C)c(-n2nccn2)c1. The summed E-state index contributed by atoms with van der Waals surface area (Å²) in [7, 11) is 0. The number of amides is 1. The molecule has 0 spiro atoms. The standard InChI is InChI=1S/C23H22ClN5O2/c1-14-3-7-18(20(11-14)29-25-9-10-26-29)23(30)28-13-16(5-4-15(28)2)22-27-19-12-17(24)6-8-21(19)31-22/h3,6-12,15-16H,4-5,13H2,1-2H3/t15-,16-/m1/s1. The highest BCUT2D eigenvalue weighted by Gasteiger charge is 2.34. The Morgan fingerprint density at radius 3 is 2.74 bits per heavy atom. The van der Waals surface area contributed by atoms with Gasteiger partial charge < -0.3 is 9.32 Å². The molecule has 2 aromatic heterocycles. The Hall–Kier alpha value is -3.19. The normalized spacial score (nSPS) is 19.1. The predicted molar refractivity (Wildman–Crippen MR) is 118 cm³/mol. The van der Waals surface area contributed by atoms with Crippen molar-refractivity contribution in [1.82, 2.24) is 24.9 Å². The lowest BCUT2D eigenvalue weighted by molar-refractivity contribution is 0.0597. The third kappa shape index (κ3) is 3.70. The molecule has 0 aliphatic carbocycles. The van der Waals surface area contributed by atoms with Crippen molar-refractivity contribution in [1.29, 1.82) is 0 Å². The highest BCUT2D eigenvalue weighted by molar-refractivity contribution is 6.31.